The van der Waals surface area contributed by atoms with E-state index in [0.29, 0.717) is 24.8 Å². The van der Waals surface area contributed by atoms with Gasteiger partial charge in [0.15, 0.2) is 0 Å². The predicted octanol–water partition coefficient (Wildman–Crippen LogP) is 1.90. The number of rotatable bonds is 8. The number of hydrogen-bond acceptors (Lipinski definition) is 9. The fraction of sp³-hybridized carbons (Fsp3) is 0.500. The van der Waals surface area contributed by atoms with Crippen molar-refractivity contribution in [1.29, 1.82) is 0 Å². The maximum atomic E-state index is 14.0. The van der Waals surface area contributed by atoms with Crippen LogP contribution in [0.2, 0.25) is 0 Å². The summed E-state index contributed by atoms with van der Waals surface area (Å²) in [5, 5.41) is 0. The van der Waals surface area contributed by atoms with Gasteiger partial charge in [-0.2, -0.15) is 0 Å². The zero-order valence-electron chi connectivity index (χ0n) is 22.2. The van der Waals surface area contributed by atoms with Gasteiger partial charge in [0.1, 0.15) is 12.1 Å². The molecule has 2 saturated heterocycles. The van der Waals surface area contributed by atoms with Gasteiger partial charge in [0.25, 0.3) is 5.91 Å². The zero-order valence-corrected chi connectivity index (χ0v) is 22.2. The van der Waals surface area contributed by atoms with Crippen LogP contribution in [0.1, 0.15) is 31.7 Å². The number of benzene rings is 1. The highest BCUT2D eigenvalue weighted by Crippen LogP contribution is 2.57. The molecule has 0 N–H and O–H groups in total. The molecule has 4 amide bonds. The molecule has 11 nitrogen and oxygen atoms in total. The van der Waals surface area contributed by atoms with E-state index in [2.05, 4.69) is 4.99 Å². The summed E-state index contributed by atoms with van der Waals surface area (Å²) in [5.74, 6) is -4.49. The van der Waals surface area contributed by atoms with Crippen LogP contribution in [0, 0.1) is 17.8 Å². The van der Waals surface area contributed by atoms with Crippen LogP contribution in [0.4, 0.5) is 4.79 Å². The number of cyclic esters (lactones) is 1. The van der Waals surface area contributed by atoms with Crippen molar-refractivity contribution < 1.29 is 38.2 Å². The van der Waals surface area contributed by atoms with E-state index in [0.717, 1.165) is 20.9 Å². The largest absolute Gasteiger partial charge is 0.468 e. The van der Waals surface area contributed by atoms with Gasteiger partial charge in [-0.25, -0.2) is 9.69 Å². The molecule has 4 aliphatic rings. The molecule has 1 aromatic carbocycles. The Morgan fingerprint density at radius 2 is 1.87 bits per heavy atom. The standard InChI is InChI=1S/C28H31N3O8/c1-4-17-18-10-11-19-21(25(35)30(23(19)33)15-20(32)38-3)22(18)28(14-16-8-6-5-7-9-16)26(29-12-13-37-2)39-27(36)31(28)24(17)34/h5-9,19,21-22H,4,10-15H2,1-3H3/t19-,21-,22+,28+/m1/s1. The summed E-state index contributed by atoms with van der Waals surface area (Å²) in [6.45, 7) is 1.75. The molecule has 1 aromatic rings. The molecule has 11 heteroatoms. The third kappa shape index (κ3) is 4.07. The second-order valence-corrected chi connectivity index (χ2v) is 10.1. The van der Waals surface area contributed by atoms with Crippen molar-refractivity contribution in [3.8, 4) is 0 Å². The van der Waals surface area contributed by atoms with Gasteiger partial charge in [0.05, 0.1) is 32.1 Å². The molecule has 1 saturated carbocycles. The fourth-order valence-corrected chi connectivity index (χ4v) is 6.69. The molecule has 4 atom stereocenters. The first kappa shape index (κ1) is 26.7. The molecule has 39 heavy (non-hydrogen) atoms. The highest BCUT2D eigenvalue weighted by Gasteiger charge is 2.70. The Labute approximate surface area is 225 Å². The van der Waals surface area contributed by atoms with Crippen LogP contribution in [-0.4, -0.2) is 84.9 Å². The Morgan fingerprint density at radius 1 is 1.13 bits per heavy atom. The lowest BCUT2D eigenvalue weighted by Gasteiger charge is -2.50. The van der Waals surface area contributed by atoms with Gasteiger partial charge in [0, 0.05) is 25.0 Å². The van der Waals surface area contributed by atoms with Crippen molar-refractivity contribution in [3.05, 3.63) is 47.0 Å². The molecule has 3 heterocycles. The third-order valence-electron chi connectivity index (χ3n) is 8.26. The summed E-state index contributed by atoms with van der Waals surface area (Å²) < 4.78 is 15.6. The minimum Gasteiger partial charge on any atom is -0.468 e. The van der Waals surface area contributed by atoms with Crippen LogP contribution in [-0.2, 0) is 39.8 Å². The Morgan fingerprint density at radius 3 is 2.54 bits per heavy atom. The number of carbonyl (C=O) groups is 5. The fourth-order valence-electron chi connectivity index (χ4n) is 6.69. The van der Waals surface area contributed by atoms with Gasteiger partial charge in [-0.3, -0.25) is 29.1 Å². The molecule has 206 valence electrons. The van der Waals surface area contributed by atoms with Gasteiger partial charge < -0.3 is 14.2 Å². The Balaban J connectivity index is 1.74. The second-order valence-electron chi connectivity index (χ2n) is 10.1. The van der Waals surface area contributed by atoms with Crippen molar-refractivity contribution in [2.45, 2.75) is 38.1 Å². The van der Waals surface area contributed by atoms with Crippen LogP contribution in [0.3, 0.4) is 0 Å². The van der Waals surface area contributed by atoms with E-state index in [1.54, 1.807) is 0 Å². The summed E-state index contributed by atoms with van der Waals surface area (Å²) >= 11 is 0. The lowest BCUT2D eigenvalue weighted by atomic mass is 9.58. The van der Waals surface area contributed by atoms with Gasteiger partial charge in [-0.1, -0.05) is 42.8 Å². The third-order valence-corrected chi connectivity index (χ3v) is 8.26. The molecule has 0 bridgehead atoms. The van der Waals surface area contributed by atoms with Gasteiger partial charge in [-0.05, 0) is 24.8 Å². The van der Waals surface area contributed by atoms with Crippen LogP contribution < -0.4 is 0 Å². The number of imide groups is 2. The summed E-state index contributed by atoms with van der Waals surface area (Å²) in [7, 11) is 2.72. The van der Waals surface area contributed by atoms with Crippen LogP contribution in [0.15, 0.2) is 46.5 Å². The first-order chi connectivity index (χ1) is 18.8. The number of aliphatic imine (C=N–C) groups is 1. The van der Waals surface area contributed by atoms with Crippen molar-refractivity contribution in [3.63, 3.8) is 0 Å². The second kappa shape index (κ2) is 10.4. The number of nitrogens with zero attached hydrogens (tertiary/aromatic N) is 3. The van der Waals surface area contributed by atoms with E-state index < -0.39 is 59.6 Å². The van der Waals surface area contributed by atoms with Crippen LogP contribution >= 0.6 is 0 Å². The summed E-state index contributed by atoms with van der Waals surface area (Å²) in [6, 6.07) is 9.30. The summed E-state index contributed by atoms with van der Waals surface area (Å²) in [5.41, 5.74) is 0.536. The maximum Gasteiger partial charge on any atom is 0.424 e. The number of hydrogen-bond donors (Lipinski definition) is 0. The summed E-state index contributed by atoms with van der Waals surface area (Å²) in [4.78, 5) is 73.5. The maximum absolute atomic E-state index is 14.0. The zero-order chi connectivity index (χ0) is 27.9. The van der Waals surface area contributed by atoms with Crippen LogP contribution in [0.25, 0.3) is 0 Å². The quantitative estimate of drug-likeness (QED) is 0.279. The van der Waals surface area contributed by atoms with E-state index in [4.69, 9.17) is 14.2 Å². The Bertz CT molecular complexity index is 1290. The Kier molecular flexibility index (Phi) is 7.11. The average Bonchev–Trinajstić information content (AvgIpc) is 3.35. The number of ether oxygens (including phenoxy) is 3. The minimum atomic E-state index is -1.46. The number of esters is 1. The Hall–Kier alpha value is -3.86. The monoisotopic (exact) mass is 537 g/mol. The summed E-state index contributed by atoms with van der Waals surface area (Å²) in [6.07, 6.45) is 0.376. The van der Waals surface area contributed by atoms with E-state index >= 15 is 0 Å². The van der Waals surface area contributed by atoms with Gasteiger partial charge in [0.2, 0.25) is 17.7 Å². The molecular weight excluding hydrogens is 506 g/mol. The minimum absolute atomic E-state index is 0.0340. The average molecular weight is 538 g/mol. The van der Waals surface area contributed by atoms with Crippen molar-refractivity contribution >= 4 is 35.7 Å². The number of fused-ring (bicyclic) bond motifs is 5. The first-order valence-corrected chi connectivity index (χ1v) is 13.1. The van der Waals surface area contributed by atoms with Crippen molar-refractivity contribution in [2.24, 2.45) is 22.7 Å². The van der Waals surface area contributed by atoms with E-state index in [1.807, 2.05) is 37.3 Å². The lowest BCUT2D eigenvalue weighted by molar-refractivity contribution is -0.151. The van der Waals surface area contributed by atoms with Crippen LogP contribution in [0.5, 0.6) is 0 Å². The van der Waals surface area contributed by atoms with E-state index in [-0.39, 0.29) is 25.5 Å². The molecule has 5 rings (SSSR count). The van der Waals surface area contributed by atoms with Gasteiger partial charge in [-0.15, -0.1) is 0 Å². The number of likely N-dealkylation sites (tertiary alicyclic amines) is 1. The molecule has 3 fully saturated rings. The molecule has 0 unspecified atom stereocenters. The molecular formula is C28H31N3O8. The van der Waals surface area contributed by atoms with E-state index in [9.17, 15) is 24.0 Å². The smallest absolute Gasteiger partial charge is 0.424 e. The highest BCUT2D eigenvalue weighted by molar-refractivity contribution is 6.17. The lowest BCUT2D eigenvalue weighted by Crippen LogP contribution is -2.65. The molecule has 1 aliphatic carbocycles. The highest BCUT2D eigenvalue weighted by atomic mass is 16.6. The van der Waals surface area contributed by atoms with Gasteiger partial charge >= 0.3 is 12.1 Å². The first-order valence-electron chi connectivity index (χ1n) is 13.1. The van der Waals surface area contributed by atoms with Crippen molar-refractivity contribution in [2.75, 3.05) is 33.9 Å². The normalized spacial score (nSPS) is 29.0. The van der Waals surface area contributed by atoms with Crippen molar-refractivity contribution in [1.82, 2.24) is 9.80 Å². The molecule has 0 radical (unpaired) electrons. The molecule has 3 aliphatic heterocycles. The number of carbonyl (C=O) groups excluding carboxylic acids is 5. The molecule has 0 aromatic heterocycles. The van der Waals surface area contributed by atoms with E-state index in [1.165, 1.54) is 14.2 Å². The predicted molar refractivity (Wildman–Crippen MR) is 136 cm³/mol. The number of methoxy groups -OCH3 is 2. The molecule has 0 spiro atoms. The number of amides is 4. The SMILES string of the molecule is CCC1=C2CC[C@H]3C(=O)N(CC(=O)OC)C(=O)[C@H]3[C@H]2[C@@]2(Cc3ccccc3)C(=NCCOC)OC(=O)N2C1=O. The topological polar surface area (TPSA) is 132 Å².